The van der Waals surface area contributed by atoms with Crippen molar-refractivity contribution in [1.82, 2.24) is 19.5 Å². The molecule has 0 aliphatic carbocycles. The van der Waals surface area contributed by atoms with Crippen LogP contribution in [0.4, 0.5) is 0 Å². The highest BCUT2D eigenvalue weighted by Gasteiger charge is 2.11. The molecule has 0 atom stereocenters. The molecule has 0 saturated heterocycles. The standard InChI is InChI=1S/C12H9BrN4O2/c13-8-6-9-11(16-7-8)19-12(18)17(9)5-2-10-14-3-1-4-15-10/h1,3-4,6-7H,2,5H2. The van der Waals surface area contributed by atoms with Gasteiger partial charge in [-0.1, -0.05) is 0 Å². The molecule has 0 N–H and O–H groups in total. The zero-order chi connectivity index (χ0) is 13.2. The van der Waals surface area contributed by atoms with Crippen molar-refractivity contribution >= 4 is 27.2 Å². The van der Waals surface area contributed by atoms with Crippen LogP contribution in [-0.2, 0) is 13.0 Å². The Kier molecular flexibility index (Phi) is 3.12. The third-order valence-corrected chi connectivity index (χ3v) is 3.11. The van der Waals surface area contributed by atoms with E-state index in [4.69, 9.17) is 4.42 Å². The minimum absolute atomic E-state index is 0.335. The Morgan fingerprint density at radius 3 is 2.84 bits per heavy atom. The fourth-order valence-corrected chi connectivity index (χ4v) is 2.13. The molecular weight excluding hydrogens is 312 g/mol. The molecule has 0 bridgehead atoms. The van der Waals surface area contributed by atoms with Crippen LogP contribution in [0, 0.1) is 0 Å². The average Bonchev–Trinajstić information content (AvgIpc) is 2.73. The van der Waals surface area contributed by atoms with Crippen LogP contribution in [0.3, 0.4) is 0 Å². The van der Waals surface area contributed by atoms with Gasteiger partial charge in [0.25, 0.3) is 0 Å². The van der Waals surface area contributed by atoms with Gasteiger partial charge in [-0.2, -0.15) is 0 Å². The largest absolute Gasteiger partial charge is 0.421 e. The Labute approximate surface area is 116 Å². The fraction of sp³-hybridized carbons (Fsp3) is 0.167. The topological polar surface area (TPSA) is 73.8 Å². The number of halogens is 1. The molecule has 0 aliphatic rings. The molecule has 0 amide bonds. The van der Waals surface area contributed by atoms with E-state index in [0.29, 0.717) is 30.0 Å². The van der Waals surface area contributed by atoms with Crippen LogP contribution in [0.2, 0.25) is 0 Å². The Hall–Kier alpha value is -2.02. The third-order valence-electron chi connectivity index (χ3n) is 2.67. The van der Waals surface area contributed by atoms with Gasteiger partial charge in [0.2, 0.25) is 5.71 Å². The summed E-state index contributed by atoms with van der Waals surface area (Å²) in [5, 5.41) is 0. The van der Waals surface area contributed by atoms with Crippen molar-refractivity contribution in [2.75, 3.05) is 0 Å². The summed E-state index contributed by atoms with van der Waals surface area (Å²) in [7, 11) is 0. The summed E-state index contributed by atoms with van der Waals surface area (Å²) in [5.74, 6) is 0.267. The highest BCUT2D eigenvalue weighted by Crippen LogP contribution is 2.16. The van der Waals surface area contributed by atoms with Gasteiger partial charge in [0.15, 0.2) is 0 Å². The van der Waals surface area contributed by atoms with Crippen molar-refractivity contribution in [2.24, 2.45) is 0 Å². The predicted molar refractivity (Wildman–Crippen MR) is 71.7 cm³/mol. The summed E-state index contributed by atoms with van der Waals surface area (Å²) < 4.78 is 7.41. The predicted octanol–water partition coefficient (Wildman–Crippen LogP) is 1.78. The van der Waals surface area contributed by atoms with E-state index in [1.165, 1.54) is 4.57 Å². The number of aryl methyl sites for hydroxylation is 2. The number of nitrogens with zero attached hydrogens (tertiary/aromatic N) is 4. The van der Waals surface area contributed by atoms with Crippen LogP contribution in [0.5, 0.6) is 0 Å². The van der Waals surface area contributed by atoms with E-state index in [1.54, 1.807) is 30.7 Å². The zero-order valence-corrected chi connectivity index (χ0v) is 11.4. The Morgan fingerprint density at radius 2 is 2.05 bits per heavy atom. The summed E-state index contributed by atoms with van der Waals surface area (Å²) in [6.45, 7) is 0.452. The van der Waals surface area contributed by atoms with Crippen molar-refractivity contribution in [3.8, 4) is 0 Å². The molecule has 0 aliphatic heterocycles. The van der Waals surface area contributed by atoms with E-state index in [2.05, 4.69) is 30.9 Å². The van der Waals surface area contributed by atoms with Crippen LogP contribution >= 0.6 is 15.9 Å². The van der Waals surface area contributed by atoms with Crippen LogP contribution in [-0.4, -0.2) is 19.5 Å². The average molecular weight is 321 g/mol. The summed E-state index contributed by atoms with van der Waals surface area (Å²) >= 11 is 3.33. The second-order valence-corrected chi connectivity index (χ2v) is 4.83. The van der Waals surface area contributed by atoms with E-state index in [0.717, 1.165) is 4.47 Å². The maximum absolute atomic E-state index is 11.8. The van der Waals surface area contributed by atoms with Gasteiger partial charge in [0.05, 0.1) is 0 Å². The Bertz CT molecular complexity index is 766. The maximum Gasteiger partial charge on any atom is 0.421 e. The van der Waals surface area contributed by atoms with Gasteiger partial charge in [-0.15, -0.1) is 0 Å². The molecule has 96 valence electrons. The lowest BCUT2D eigenvalue weighted by molar-refractivity contribution is 0.497. The van der Waals surface area contributed by atoms with Gasteiger partial charge in [0.1, 0.15) is 11.3 Å². The first kappa shape index (κ1) is 12.0. The minimum Gasteiger partial charge on any atom is -0.389 e. The van der Waals surface area contributed by atoms with Gasteiger partial charge in [-0.25, -0.2) is 19.7 Å². The molecule has 0 fully saturated rings. The van der Waals surface area contributed by atoms with E-state index in [9.17, 15) is 4.79 Å². The molecule has 0 radical (unpaired) electrons. The van der Waals surface area contributed by atoms with Gasteiger partial charge >= 0.3 is 5.76 Å². The lowest BCUT2D eigenvalue weighted by Crippen LogP contribution is -2.16. The Balaban J connectivity index is 1.94. The molecule has 3 aromatic rings. The number of fused-ring (bicyclic) bond motifs is 1. The molecular formula is C12H9BrN4O2. The van der Waals surface area contributed by atoms with Crippen molar-refractivity contribution in [3.63, 3.8) is 0 Å². The van der Waals surface area contributed by atoms with Gasteiger partial charge < -0.3 is 4.42 Å². The number of oxazole rings is 1. The first-order valence-corrected chi connectivity index (χ1v) is 6.44. The van der Waals surface area contributed by atoms with Crippen LogP contribution in [0.25, 0.3) is 11.2 Å². The molecule has 0 unspecified atom stereocenters. The molecule has 0 aromatic carbocycles. The first-order valence-electron chi connectivity index (χ1n) is 5.65. The maximum atomic E-state index is 11.8. The molecule has 3 aromatic heterocycles. The normalized spacial score (nSPS) is 11.0. The molecule has 3 rings (SSSR count). The second-order valence-electron chi connectivity index (χ2n) is 3.91. The molecule has 6 nitrogen and oxygen atoms in total. The molecule has 0 saturated carbocycles. The van der Waals surface area contributed by atoms with Gasteiger partial charge in [-0.05, 0) is 28.1 Å². The van der Waals surface area contributed by atoms with Crippen molar-refractivity contribution in [3.05, 3.63) is 51.6 Å². The third kappa shape index (κ3) is 2.41. The lowest BCUT2D eigenvalue weighted by Gasteiger charge is -2.01. The summed E-state index contributed by atoms with van der Waals surface area (Å²) in [6, 6.07) is 3.56. The summed E-state index contributed by atoms with van der Waals surface area (Å²) in [5.41, 5.74) is 0.998. The molecule has 7 heteroatoms. The highest BCUT2D eigenvalue weighted by molar-refractivity contribution is 9.10. The zero-order valence-electron chi connectivity index (χ0n) is 9.78. The SMILES string of the molecule is O=c1oc2ncc(Br)cc2n1CCc1ncccn1. The fourth-order valence-electron chi connectivity index (χ4n) is 1.81. The highest BCUT2D eigenvalue weighted by atomic mass is 79.9. The number of hydrogen-bond donors (Lipinski definition) is 0. The second kappa shape index (κ2) is 4.93. The van der Waals surface area contributed by atoms with Gasteiger partial charge in [-0.3, -0.25) is 4.57 Å². The molecule has 19 heavy (non-hydrogen) atoms. The van der Waals surface area contributed by atoms with Crippen LogP contribution in [0.15, 0.2) is 44.4 Å². The minimum atomic E-state index is -0.420. The van der Waals surface area contributed by atoms with Crippen molar-refractivity contribution < 1.29 is 4.42 Å². The monoisotopic (exact) mass is 320 g/mol. The van der Waals surface area contributed by atoms with E-state index >= 15 is 0 Å². The molecule has 0 spiro atoms. The lowest BCUT2D eigenvalue weighted by atomic mass is 10.3. The number of aromatic nitrogens is 4. The number of pyridine rings is 1. The smallest absolute Gasteiger partial charge is 0.389 e. The summed E-state index contributed by atoms with van der Waals surface area (Å²) in [6.07, 6.45) is 5.51. The first-order chi connectivity index (χ1) is 9.24. The van der Waals surface area contributed by atoms with E-state index in [-0.39, 0.29) is 0 Å². The quantitative estimate of drug-likeness (QED) is 0.735. The van der Waals surface area contributed by atoms with Crippen molar-refractivity contribution in [1.29, 1.82) is 0 Å². The van der Waals surface area contributed by atoms with Crippen molar-refractivity contribution in [2.45, 2.75) is 13.0 Å². The Morgan fingerprint density at radius 1 is 1.26 bits per heavy atom. The van der Waals surface area contributed by atoms with E-state index < -0.39 is 5.76 Å². The van der Waals surface area contributed by atoms with Gasteiger partial charge in [0, 0.05) is 36.0 Å². The van der Waals surface area contributed by atoms with Crippen LogP contribution in [0.1, 0.15) is 5.82 Å². The van der Waals surface area contributed by atoms with Crippen LogP contribution < -0.4 is 5.76 Å². The number of hydrogen-bond acceptors (Lipinski definition) is 5. The summed E-state index contributed by atoms with van der Waals surface area (Å²) in [4.78, 5) is 24.1. The van der Waals surface area contributed by atoms with E-state index in [1.807, 2.05) is 0 Å². The number of rotatable bonds is 3. The molecule has 3 heterocycles.